The van der Waals surface area contributed by atoms with Crippen LogP contribution in [0.15, 0.2) is 133 Å². The van der Waals surface area contributed by atoms with E-state index in [9.17, 15) is 0 Å². The first kappa shape index (κ1) is 26.5. The quantitative estimate of drug-likeness (QED) is 0.191. The molecule has 0 fully saturated rings. The predicted molar refractivity (Wildman–Crippen MR) is 203 cm³/mol. The summed E-state index contributed by atoms with van der Waals surface area (Å²) in [5.74, 6) is 0. The van der Waals surface area contributed by atoms with Crippen LogP contribution in [-0.4, -0.2) is 19.9 Å². The molecule has 4 aliphatic carbocycles. The van der Waals surface area contributed by atoms with Gasteiger partial charge in [-0.25, -0.2) is 9.97 Å². The van der Waals surface area contributed by atoms with Gasteiger partial charge in [0.15, 0.2) is 0 Å². The van der Waals surface area contributed by atoms with E-state index in [1.54, 1.807) is 0 Å². The highest BCUT2D eigenvalue weighted by molar-refractivity contribution is 6.11. The fourth-order valence-corrected chi connectivity index (χ4v) is 8.34. The Balaban J connectivity index is 1.20. The van der Waals surface area contributed by atoms with E-state index in [1.165, 1.54) is 50.1 Å². The van der Waals surface area contributed by atoms with Crippen molar-refractivity contribution in [3.05, 3.63) is 183 Å². The summed E-state index contributed by atoms with van der Waals surface area (Å²) in [4.78, 5) is 17.1. The molecule has 8 bridgehead atoms. The number of benzene rings is 2. The van der Waals surface area contributed by atoms with Gasteiger partial charge in [0, 0.05) is 27.6 Å². The number of fused-ring (bicyclic) bond motifs is 16. The molecule has 11 rings (SSSR count). The van der Waals surface area contributed by atoms with Crippen LogP contribution in [0.25, 0.3) is 75.2 Å². The van der Waals surface area contributed by atoms with Crippen molar-refractivity contribution >= 4 is 75.2 Å². The lowest BCUT2D eigenvalue weighted by Crippen LogP contribution is -2.28. The van der Waals surface area contributed by atoms with Crippen molar-refractivity contribution in [2.45, 2.75) is 0 Å². The van der Waals surface area contributed by atoms with Crippen molar-refractivity contribution in [3.63, 3.8) is 0 Å². The fourth-order valence-electron chi connectivity index (χ4n) is 8.34. The SMILES string of the molecule is C1=CC2(C3=Cc4ccccc4C3=C1)C1=Cc3ccccc3C1=CC=C2c1cc2cc3ccc(cc4nc(cc5nc(cc1[nH]2)C=C5)C=C4)[nH]3. The Hall–Kier alpha value is -6.52. The molecule has 5 heterocycles. The lowest BCUT2D eigenvalue weighted by molar-refractivity contribution is 0.780. The molecule has 49 heavy (non-hydrogen) atoms. The van der Waals surface area contributed by atoms with Gasteiger partial charge in [-0.3, -0.25) is 0 Å². The maximum absolute atomic E-state index is 4.99. The van der Waals surface area contributed by atoms with E-state index in [4.69, 9.17) is 9.97 Å². The predicted octanol–water partition coefficient (Wildman–Crippen LogP) is 10.6. The molecule has 2 aliphatic heterocycles. The summed E-state index contributed by atoms with van der Waals surface area (Å²) in [5.41, 5.74) is 19.9. The summed E-state index contributed by atoms with van der Waals surface area (Å²) >= 11 is 0. The number of hydrogen-bond donors (Lipinski definition) is 2. The fraction of sp³-hybridized carbons (Fsp3) is 0.0222. The van der Waals surface area contributed by atoms with Crippen LogP contribution in [-0.2, 0) is 0 Å². The molecular weight excluding hydrogens is 597 g/mol. The Labute approximate surface area is 283 Å². The Bertz CT molecular complexity index is 2740. The third-order valence-corrected chi connectivity index (χ3v) is 10.4. The molecule has 1 unspecified atom stereocenters. The number of allylic oxidation sites excluding steroid dienone is 10. The summed E-state index contributed by atoms with van der Waals surface area (Å²) in [6, 6.07) is 32.5. The van der Waals surface area contributed by atoms with Gasteiger partial charge in [0.2, 0.25) is 0 Å². The molecule has 2 aromatic carbocycles. The van der Waals surface area contributed by atoms with Crippen molar-refractivity contribution < 1.29 is 0 Å². The first-order valence-corrected chi connectivity index (χ1v) is 16.7. The van der Waals surface area contributed by atoms with Gasteiger partial charge in [0.1, 0.15) is 0 Å². The van der Waals surface area contributed by atoms with Crippen molar-refractivity contribution in [2.24, 2.45) is 5.41 Å². The minimum absolute atomic E-state index is 0.499. The van der Waals surface area contributed by atoms with Gasteiger partial charge in [-0.1, -0.05) is 78.9 Å². The van der Waals surface area contributed by atoms with Crippen molar-refractivity contribution in [3.8, 4) is 0 Å². The minimum Gasteiger partial charge on any atom is -0.355 e. The van der Waals surface area contributed by atoms with Gasteiger partial charge in [0.05, 0.1) is 28.2 Å². The zero-order valence-electron chi connectivity index (χ0n) is 26.4. The molecule has 228 valence electrons. The largest absolute Gasteiger partial charge is 0.355 e. The number of rotatable bonds is 1. The standard InChI is InChI=1S/C45H28N4/c1-3-8-36-27(6-1)20-42-38(36)10-5-19-45(42)41(18-17-39-37-9-4-2-7-28(37)21-43(39)45)40-25-35-24-33-14-13-31(47-33)22-29-11-12-30(46-29)23-32-15-16-34(48-32)26-44(40)49-35/h1-26,47,49H. The van der Waals surface area contributed by atoms with E-state index < -0.39 is 5.41 Å². The second kappa shape index (κ2) is 9.75. The smallest absolute Gasteiger partial charge is 0.0659 e. The molecule has 3 aromatic heterocycles. The Morgan fingerprint density at radius 1 is 0.469 bits per heavy atom. The molecule has 0 saturated carbocycles. The Kier molecular flexibility index (Phi) is 5.28. The van der Waals surface area contributed by atoms with Crippen LogP contribution in [0, 0.1) is 5.41 Å². The number of nitrogens with one attached hydrogen (secondary N) is 2. The maximum atomic E-state index is 4.99. The van der Waals surface area contributed by atoms with E-state index in [0.29, 0.717) is 0 Å². The van der Waals surface area contributed by atoms with Gasteiger partial charge in [0.25, 0.3) is 0 Å². The van der Waals surface area contributed by atoms with Gasteiger partial charge in [-0.2, -0.15) is 0 Å². The lowest BCUT2D eigenvalue weighted by atomic mass is 9.60. The van der Waals surface area contributed by atoms with E-state index >= 15 is 0 Å². The zero-order chi connectivity index (χ0) is 32.1. The van der Waals surface area contributed by atoms with Crippen molar-refractivity contribution in [2.75, 3.05) is 0 Å². The van der Waals surface area contributed by atoms with E-state index in [-0.39, 0.29) is 0 Å². The average molecular weight is 625 g/mol. The van der Waals surface area contributed by atoms with Crippen LogP contribution in [0.4, 0.5) is 0 Å². The van der Waals surface area contributed by atoms with Gasteiger partial charge >= 0.3 is 0 Å². The number of aromatic nitrogens is 4. The molecule has 2 N–H and O–H groups in total. The summed E-state index contributed by atoms with van der Waals surface area (Å²) in [6.07, 6.45) is 24.7. The van der Waals surface area contributed by atoms with E-state index in [2.05, 4.69) is 150 Å². The Morgan fingerprint density at radius 2 is 1.08 bits per heavy atom. The summed E-state index contributed by atoms with van der Waals surface area (Å²) < 4.78 is 0. The molecule has 5 aromatic rings. The third kappa shape index (κ3) is 3.92. The van der Waals surface area contributed by atoms with Gasteiger partial charge in [-0.15, -0.1) is 0 Å². The molecule has 1 atom stereocenters. The van der Waals surface area contributed by atoms with Crippen LogP contribution in [0.3, 0.4) is 0 Å². The monoisotopic (exact) mass is 624 g/mol. The zero-order valence-corrected chi connectivity index (χ0v) is 26.4. The van der Waals surface area contributed by atoms with Crippen LogP contribution >= 0.6 is 0 Å². The topological polar surface area (TPSA) is 57.4 Å². The average Bonchev–Trinajstić information content (AvgIpc) is 3.97. The summed E-state index contributed by atoms with van der Waals surface area (Å²) in [6.45, 7) is 0. The lowest BCUT2D eigenvalue weighted by Gasteiger charge is -2.41. The molecule has 4 nitrogen and oxygen atoms in total. The normalized spacial score (nSPS) is 19.1. The van der Waals surface area contributed by atoms with Crippen molar-refractivity contribution in [1.29, 1.82) is 0 Å². The molecule has 0 amide bonds. The maximum Gasteiger partial charge on any atom is 0.0659 e. The highest BCUT2D eigenvalue weighted by Gasteiger charge is 2.48. The molecule has 1 spiro atoms. The van der Waals surface area contributed by atoms with Crippen LogP contribution < -0.4 is 0 Å². The molecule has 0 saturated heterocycles. The summed E-state index contributed by atoms with van der Waals surface area (Å²) in [5, 5.41) is 0. The van der Waals surface area contributed by atoms with Crippen molar-refractivity contribution in [1.82, 2.24) is 19.9 Å². The van der Waals surface area contributed by atoms with E-state index in [0.717, 1.165) is 50.4 Å². The highest BCUT2D eigenvalue weighted by atomic mass is 14.8. The number of H-pyrrole nitrogens is 2. The van der Waals surface area contributed by atoms with Gasteiger partial charge < -0.3 is 9.97 Å². The number of nitrogens with zero attached hydrogens (tertiary/aromatic N) is 2. The van der Waals surface area contributed by atoms with Crippen LogP contribution in [0.5, 0.6) is 0 Å². The first-order valence-electron chi connectivity index (χ1n) is 16.7. The Morgan fingerprint density at radius 3 is 1.80 bits per heavy atom. The highest BCUT2D eigenvalue weighted by Crippen LogP contribution is 2.63. The number of aromatic amines is 2. The molecule has 0 radical (unpaired) electrons. The second-order valence-corrected chi connectivity index (χ2v) is 13.3. The molecule has 4 heteroatoms. The first-order chi connectivity index (χ1) is 24.2. The van der Waals surface area contributed by atoms with Crippen LogP contribution in [0.1, 0.15) is 50.6 Å². The molecule has 6 aliphatic rings. The second-order valence-electron chi connectivity index (χ2n) is 13.3. The minimum atomic E-state index is -0.499. The van der Waals surface area contributed by atoms with Gasteiger partial charge in [-0.05, 0) is 129 Å². The summed E-state index contributed by atoms with van der Waals surface area (Å²) in [7, 11) is 0. The third-order valence-electron chi connectivity index (χ3n) is 10.4. The van der Waals surface area contributed by atoms with E-state index in [1.807, 2.05) is 18.2 Å². The number of hydrogen-bond acceptors (Lipinski definition) is 2. The van der Waals surface area contributed by atoms with Crippen LogP contribution in [0.2, 0.25) is 0 Å². The molecular formula is C45H28N4.